The standard InChI is InChI=1S/C29H30ClNO4/c1-2-3-18-31-28(33)26-7-5-4-6-22(26)10-13-24(29(34)35)19-27(32)23-11-8-20(9-12-23)21-14-16-25(30)17-15-21/h4-9,11-12,14-17,24H,2-3,10,13,18-19H2,1H3,(H,31,33)(H,34,35). The molecule has 1 atom stereocenters. The van der Waals surface area contributed by atoms with Crippen molar-refractivity contribution < 1.29 is 19.5 Å². The van der Waals surface area contributed by atoms with Crippen molar-refractivity contribution in [3.8, 4) is 11.1 Å². The zero-order valence-corrected chi connectivity index (χ0v) is 20.6. The molecule has 0 saturated heterocycles. The van der Waals surface area contributed by atoms with Crippen LogP contribution in [-0.4, -0.2) is 29.3 Å². The Morgan fingerprint density at radius 2 is 1.54 bits per heavy atom. The van der Waals surface area contributed by atoms with Gasteiger partial charge in [0.25, 0.3) is 5.91 Å². The second-order valence-corrected chi connectivity index (χ2v) is 8.99. The molecule has 3 aromatic rings. The second-order valence-electron chi connectivity index (χ2n) is 8.55. The summed E-state index contributed by atoms with van der Waals surface area (Å²) in [5.74, 6) is -2.22. The van der Waals surface area contributed by atoms with Gasteiger partial charge in [0.1, 0.15) is 0 Å². The Labute approximate surface area is 211 Å². The van der Waals surface area contributed by atoms with E-state index in [1.54, 1.807) is 36.4 Å². The van der Waals surface area contributed by atoms with Crippen molar-refractivity contribution in [2.45, 2.75) is 39.0 Å². The molecule has 1 unspecified atom stereocenters. The van der Waals surface area contributed by atoms with E-state index in [1.807, 2.05) is 36.4 Å². The molecule has 0 radical (unpaired) electrons. The molecule has 0 aliphatic rings. The number of amides is 1. The number of carbonyl (C=O) groups is 3. The summed E-state index contributed by atoms with van der Waals surface area (Å²) in [7, 11) is 0. The van der Waals surface area contributed by atoms with Gasteiger partial charge in [-0.3, -0.25) is 14.4 Å². The number of hydrogen-bond donors (Lipinski definition) is 2. The van der Waals surface area contributed by atoms with E-state index in [0.717, 1.165) is 29.5 Å². The highest BCUT2D eigenvalue weighted by molar-refractivity contribution is 6.30. The van der Waals surface area contributed by atoms with E-state index in [1.165, 1.54) is 0 Å². The average molecular weight is 492 g/mol. The third-order valence-electron chi connectivity index (χ3n) is 6.01. The minimum Gasteiger partial charge on any atom is -0.481 e. The number of unbranched alkanes of at least 4 members (excludes halogenated alkanes) is 1. The Kier molecular flexibility index (Phi) is 9.62. The summed E-state index contributed by atoms with van der Waals surface area (Å²) < 4.78 is 0. The number of benzene rings is 3. The maximum atomic E-state index is 12.8. The quantitative estimate of drug-likeness (QED) is 0.225. The maximum Gasteiger partial charge on any atom is 0.306 e. The van der Waals surface area contributed by atoms with Crippen LogP contribution in [0.3, 0.4) is 0 Å². The number of aliphatic carboxylic acids is 1. The van der Waals surface area contributed by atoms with Crippen LogP contribution in [-0.2, 0) is 11.2 Å². The number of halogens is 1. The van der Waals surface area contributed by atoms with E-state index in [4.69, 9.17) is 11.6 Å². The summed E-state index contributed by atoms with van der Waals surface area (Å²) in [5.41, 5.74) is 3.74. The Balaban J connectivity index is 1.64. The molecule has 6 heteroatoms. The first-order valence-electron chi connectivity index (χ1n) is 11.9. The molecule has 182 valence electrons. The molecule has 3 aromatic carbocycles. The van der Waals surface area contributed by atoms with Crippen molar-refractivity contribution in [3.63, 3.8) is 0 Å². The van der Waals surface area contributed by atoms with Gasteiger partial charge in [0, 0.05) is 29.1 Å². The summed E-state index contributed by atoms with van der Waals surface area (Å²) in [6, 6.07) is 21.8. The average Bonchev–Trinajstić information content (AvgIpc) is 2.87. The first-order valence-corrected chi connectivity index (χ1v) is 12.2. The number of ketones is 1. The molecule has 0 aliphatic heterocycles. The van der Waals surface area contributed by atoms with Crippen LogP contribution in [0, 0.1) is 5.92 Å². The van der Waals surface area contributed by atoms with Crippen molar-refractivity contribution >= 4 is 29.3 Å². The summed E-state index contributed by atoms with van der Waals surface area (Å²) in [6.45, 7) is 2.66. The maximum absolute atomic E-state index is 12.8. The van der Waals surface area contributed by atoms with Crippen molar-refractivity contribution in [2.75, 3.05) is 6.54 Å². The molecule has 3 rings (SSSR count). The number of carboxylic acids is 1. The topological polar surface area (TPSA) is 83.5 Å². The van der Waals surface area contributed by atoms with Gasteiger partial charge in [-0.25, -0.2) is 0 Å². The molecule has 0 spiro atoms. The van der Waals surface area contributed by atoms with E-state index in [0.29, 0.717) is 29.1 Å². The number of rotatable bonds is 12. The molecule has 0 bridgehead atoms. The van der Waals surface area contributed by atoms with Crippen LogP contribution >= 0.6 is 11.6 Å². The number of aryl methyl sites for hydroxylation is 1. The zero-order chi connectivity index (χ0) is 25.2. The van der Waals surface area contributed by atoms with Gasteiger partial charge >= 0.3 is 5.97 Å². The van der Waals surface area contributed by atoms with Gasteiger partial charge < -0.3 is 10.4 Å². The van der Waals surface area contributed by atoms with Gasteiger partial charge in [0.2, 0.25) is 0 Å². The van der Waals surface area contributed by atoms with Crippen LogP contribution < -0.4 is 5.32 Å². The van der Waals surface area contributed by atoms with Crippen molar-refractivity contribution in [1.82, 2.24) is 5.32 Å². The highest BCUT2D eigenvalue weighted by Gasteiger charge is 2.23. The molecule has 0 aliphatic carbocycles. The van der Waals surface area contributed by atoms with Crippen LogP contribution in [0.5, 0.6) is 0 Å². The van der Waals surface area contributed by atoms with E-state index in [-0.39, 0.29) is 24.5 Å². The number of nitrogens with one attached hydrogen (secondary N) is 1. The first kappa shape index (κ1) is 26.2. The summed E-state index contributed by atoms with van der Waals surface area (Å²) in [5, 5.41) is 13.3. The van der Waals surface area contributed by atoms with Crippen LogP contribution in [0.15, 0.2) is 72.8 Å². The largest absolute Gasteiger partial charge is 0.481 e. The smallest absolute Gasteiger partial charge is 0.306 e. The highest BCUT2D eigenvalue weighted by Crippen LogP contribution is 2.24. The number of carbonyl (C=O) groups excluding carboxylic acids is 2. The Hall–Kier alpha value is -3.44. The van der Waals surface area contributed by atoms with E-state index < -0.39 is 11.9 Å². The SMILES string of the molecule is CCCCNC(=O)c1ccccc1CCC(CC(=O)c1ccc(-c2ccc(Cl)cc2)cc1)C(=O)O. The molecule has 2 N–H and O–H groups in total. The molecule has 35 heavy (non-hydrogen) atoms. The zero-order valence-electron chi connectivity index (χ0n) is 19.8. The van der Waals surface area contributed by atoms with Gasteiger partial charge in [0.05, 0.1) is 5.92 Å². The molecule has 1 amide bonds. The van der Waals surface area contributed by atoms with Gasteiger partial charge in [-0.2, -0.15) is 0 Å². The van der Waals surface area contributed by atoms with E-state index >= 15 is 0 Å². The second kappa shape index (κ2) is 12.9. The monoisotopic (exact) mass is 491 g/mol. The fourth-order valence-corrected chi connectivity index (χ4v) is 4.03. The van der Waals surface area contributed by atoms with Crippen LogP contribution in [0.2, 0.25) is 5.02 Å². The van der Waals surface area contributed by atoms with Crippen molar-refractivity contribution in [1.29, 1.82) is 0 Å². The van der Waals surface area contributed by atoms with Crippen LogP contribution in [0.1, 0.15) is 58.9 Å². The Morgan fingerprint density at radius 1 is 0.914 bits per heavy atom. The molecular weight excluding hydrogens is 462 g/mol. The molecule has 0 fully saturated rings. The molecule has 5 nitrogen and oxygen atoms in total. The summed E-state index contributed by atoms with van der Waals surface area (Å²) in [4.78, 5) is 37.3. The predicted octanol–water partition coefficient (Wildman–Crippen LogP) is 6.44. The van der Waals surface area contributed by atoms with E-state index in [9.17, 15) is 19.5 Å². The lowest BCUT2D eigenvalue weighted by atomic mass is 9.90. The fourth-order valence-electron chi connectivity index (χ4n) is 3.91. The third-order valence-corrected chi connectivity index (χ3v) is 6.26. The highest BCUT2D eigenvalue weighted by atomic mass is 35.5. The normalized spacial score (nSPS) is 11.6. The number of carboxylic acid groups (broad SMARTS) is 1. The lowest BCUT2D eigenvalue weighted by Crippen LogP contribution is -2.26. The van der Waals surface area contributed by atoms with Gasteiger partial charge in [-0.05, 0) is 54.2 Å². The predicted molar refractivity (Wildman–Crippen MR) is 139 cm³/mol. The van der Waals surface area contributed by atoms with Crippen molar-refractivity contribution in [3.05, 3.63) is 94.5 Å². The minimum absolute atomic E-state index is 0.0967. The van der Waals surface area contributed by atoms with Gasteiger partial charge in [-0.15, -0.1) is 0 Å². The van der Waals surface area contributed by atoms with E-state index in [2.05, 4.69) is 12.2 Å². The first-order chi connectivity index (χ1) is 16.9. The lowest BCUT2D eigenvalue weighted by molar-refractivity contribution is -0.141. The molecule has 0 saturated carbocycles. The van der Waals surface area contributed by atoms with Crippen molar-refractivity contribution in [2.24, 2.45) is 5.92 Å². The molecule has 0 aromatic heterocycles. The third kappa shape index (κ3) is 7.52. The van der Waals surface area contributed by atoms with Gasteiger partial charge in [-0.1, -0.05) is 79.5 Å². The number of hydrogen-bond acceptors (Lipinski definition) is 3. The fraction of sp³-hybridized carbons (Fsp3) is 0.276. The molecule has 0 heterocycles. The summed E-state index contributed by atoms with van der Waals surface area (Å²) in [6.07, 6.45) is 2.46. The summed E-state index contributed by atoms with van der Waals surface area (Å²) >= 11 is 5.94. The van der Waals surface area contributed by atoms with Crippen LogP contribution in [0.4, 0.5) is 0 Å². The number of Topliss-reactive ketones (excluding diaryl/α,β-unsaturated/α-hetero) is 1. The molecular formula is C29H30ClNO4. The minimum atomic E-state index is -1.01. The van der Waals surface area contributed by atoms with Gasteiger partial charge in [0.15, 0.2) is 5.78 Å². The Morgan fingerprint density at radius 3 is 2.17 bits per heavy atom. The van der Waals surface area contributed by atoms with Crippen LogP contribution in [0.25, 0.3) is 11.1 Å². The Bertz CT molecular complexity index is 1160. The lowest BCUT2D eigenvalue weighted by Gasteiger charge is -2.14.